The number of amides is 1. The van der Waals surface area contributed by atoms with Gasteiger partial charge in [-0.05, 0) is 41.5 Å². The van der Waals surface area contributed by atoms with Crippen molar-refractivity contribution in [3.8, 4) is 6.07 Å². The van der Waals surface area contributed by atoms with E-state index < -0.39 is 23.5 Å². The smallest absolute Gasteiger partial charge is 0.270 e. The summed E-state index contributed by atoms with van der Waals surface area (Å²) in [4.78, 5) is 14.5. The van der Waals surface area contributed by atoms with Gasteiger partial charge in [-0.3, -0.25) is 4.79 Å². The molecule has 0 fully saturated rings. The van der Waals surface area contributed by atoms with Crippen molar-refractivity contribution in [1.29, 1.82) is 5.26 Å². The Kier molecular flexibility index (Phi) is 8.20. The summed E-state index contributed by atoms with van der Waals surface area (Å²) in [7, 11) is 0. The van der Waals surface area contributed by atoms with E-state index in [1.54, 1.807) is 34.9 Å². The summed E-state index contributed by atoms with van der Waals surface area (Å²) >= 11 is 0. The molecule has 3 aromatic carbocycles. The number of hydrogen-bond donors (Lipinski definition) is 0. The molecule has 0 saturated carbocycles. The molecule has 6 nitrogen and oxygen atoms in total. The molecule has 0 aliphatic heterocycles. The number of aromatic nitrogens is 3. The molecule has 1 heterocycles. The Balaban J connectivity index is 1.59. The Hall–Kier alpha value is -4.78. The van der Waals surface area contributed by atoms with Crippen LogP contribution < -0.4 is 0 Å². The Morgan fingerprint density at radius 3 is 2.54 bits per heavy atom. The van der Waals surface area contributed by atoms with Crippen molar-refractivity contribution in [2.45, 2.75) is 32.5 Å². The number of nitriles is 1. The van der Waals surface area contributed by atoms with Crippen LogP contribution in [0.15, 0.2) is 79.1 Å². The lowest BCUT2D eigenvalue weighted by Crippen LogP contribution is -2.30. The Morgan fingerprint density at radius 1 is 1.08 bits per heavy atom. The van der Waals surface area contributed by atoms with Crippen LogP contribution in [0.25, 0.3) is 6.08 Å². The zero-order chi connectivity index (χ0) is 28.0. The molecular formula is C29H23F4N5O. The van der Waals surface area contributed by atoms with Gasteiger partial charge in [-0.1, -0.05) is 36.4 Å². The molecule has 4 aromatic rings. The molecule has 0 N–H and O–H groups in total. The maximum atomic E-state index is 14.5. The van der Waals surface area contributed by atoms with Crippen LogP contribution in [0.3, 0.4) is 0 Å². The molecule has 0 bridgehead atoms. The predicted octanol–water partition coefficient (Wildman–Crippen LogP) is 5.83. The van der Waals surface area contributed by atoms with E-state index in [0.29, 0.717) is 23.5 Å². The first-order valence-electron chi connectivity index (χ1n) is 11.9. The number of rotatable bonds is 9. The van der Waals surface area contributed by atoms with Gasteiger partial charge in [0.1, 0.15) is 18.0 Å². The molecule has 0 unspecified atom stereocenters. The lowest BCUT2D eigenvalue weighted by molar-refractivity contribution is -0.127. The lowest BCUT2D eigenvalue weighted by atomic mass is 10.1. The summed E-state index contributed by atoms with van der Waals surface area (Å²) in [6.45, 7) is 0.873. The molecule has 10 heteroatoms. The first kappa shape index (κ1) is 27.3. The number of benzene rings is 3. The quantitative estimate of drug-likeness (QED) is 0.200. The monoisotopic (exact) mass is 533 g/mol. The first-order valence-corrected chi connectivity index (χ1v) is 11.9. The summed E-state index contributed by atoms with van der Waals surface area (Å²) in [5.74, 6) is -4.74. The van der Waals surface area contributed by atoms with Gasteiger partial charge in [0.05, 0.1) is 24.7 Å². The Labute approximate surface area is 222 Å². The van der Waals surface area contributed by atoms with Crippen LogP contribution >= 0.6 is 0 Å². The molecule has 0 aliphatic carbocycles. The second kappa shape index (κ2) is 11.7. The second-order valence-corrected chi connectivity index (χ2v) is 8.96. The zero-order valence-corrected chi connectivity index (χ0v) is 20.9. The minimum atomic E-state index is -3.04. The fourth-order valence-corrected chi connectivity index (χ4v) is 3.84. The van der Waals surface area contributed by atoms with Crippen LogP contribution in [0, 0.1) is 23.0 Å². The third kappa shape index (κ3) is 7.17. The van der Waals surface area contributed by atoms with E-state index in [4.69, 9.17) is 5.26 Å². The van der Waals surface area contributed by atoms with Crippen LogP contribution in [0.2, 0.25) is 0 Å². The number of carbonyl (C=O) groups excluding carboxylic acids is 1. The fraction of sp³-hybridized carbons (Fsp3) is 0.172. The maximum absolute atomic E-state index is 14.5. The van der Waals surface area contributed by atoms with E-state index in [-0.39, 0.29) is 24.2 Å². The predicted molar refractivity (Wildman–Crippen MR) is 136 cm³/mol. The molecule has 1 amide bonds. The van der Waals surface area contributed by atoms with Gasteiger partial charge in [0, 0.05) is 36.7 Å². The van der Waals surface area contributed by atoms with Gasteiger partial charge in [-0.25, -0.2) is 17.6 Å². The van der Waals surface area contributed by atoms with Crippen molar-refractivity contribution >= 4 is 12.0 Å². The van der Waals surface area contributed by atoms with Gasteiger partial charge in [0.15, 0.2) is 5.82 Å². The van der Waals surface area contributed by atoms with Gasteiger partial charge in [-0.2, -0.15) is 5.26 Å². The van der Waals surface area contributed by atoms with Crippen molar-refractivity contribution in [2.24, 2.45) is 0 Å². The van der Waals surface area contributed by atoms with E-state index in [0.717, 1.165) is 24.6 Å². The molecule has 0 radical (unpaired) electrons. The zero-order valence-electron chi connectivity index (χ0n) is 20.9. The fourth-order valence-electron chi connectivity index (χ4n) is 3.84. The molecule has 1 aromatic heterocycles. The normalized spacial score (nSPS) is 11.5. The minimum Gasteiger partial charge on any atom is -0.327 e. The summed E-state index contributed by atoms with van der Waals surface area (Å²) in [6.07, 6.45) is 4.09. The van der Waals surface area contributed by atoms with Gasteiger partial charge in [0.25, 0.3) is 5.92 Å². The largest absolute Gasteiger partial charge is 0.327 e. The topological polar surface area (TPSA) is 74.8 Å². The van der Waals surface area contributed by atoms with Crippen molar-refractivity contribution in [3.05, 3.63) is 124 Å². The van der Waals surface area contributed by atoms with Gasteiger partial charge in [-0.15, -0.1) is 10.2 Å². The van der Waals surface area contributed by atoms with Gasteiger partial charge >= 0.3 is 0 Å². The average Bonchev–Trinajstić information content (AvgIpc) is 3.34. The van der Waals surface area contributed by atoms with Crippen molar-refractivity contribution < 1.29 is 22.4 Å². The highest BCUT2D eigenvalue weighted by Gasteiger charge is 2.24. The van der Waals surface area contributed by atoms with Crippen LogP contribution in [0.4, 0.5) is 17.6 Å². The maximum Gasteiger partial charge on any atom is 0.270 e. The highest BCUT2D eigenvalue weighted by Crippen LogP contribution is 2.27. The van der Waals surface area contributed by atoms with Gasteiger partial charge < -0.3 is 9.47 Å². The first-order chi connectivity index (χ1) is 18.6. The van der Waals surface area contributed by atoms with E-state index >= 15 is 0 Å². The van der Waals surface area contributed by atoms with Crippen LogP contribution in [0.1, 0.15) is 40.6 Å². The standard InChI is InChI=1S/C29H23F4N5O/c1-29(32,33)24-4-2-3-20(13-24)9-12-28(39)37(17-23-10-11-25(30)14-26(23)31)18-27-36-35-19-38(27)16-22-7-5-21(15-34)6-8-22/h2-14,19H,16-18H2,1H3/b12-9+. The molecule has 0 saturated heterocycles. The van der Waals surface area contributed by atoms with Crippen LogP contribution in [-0.2, 0) is 30.4 Å². The van der Waals surface area contributed by atoms with E-state index in [2.05, 4.69) is 16.3 Å². The molecule has 198 valence electrons. The molecular weight excluding hydrogens is 510 g/mol. The van der Waals surface area contributed by atoms with E-state index in [1.807, 2.05) is 0 Å². The van der Waals surface area contributed by atoms with Crippen molar-refractivity contribution in [2.75, 3.05) is 0 Å². The summed E-state index contributed by atoms with van der Waals surface area (Å²) in [5, 5.41) is 17.0. The second-order valence-electron chi connectivity index (χ2n) is 8.96. The van der Waals surface area contributed by atoms with Crippen molar-refractivity contribution in [1.82, 2.24) is 19.7 Å². The lowest BCUT2D eigenvalue weighted by Gasteiger charge is -2.22. The third-order valence-corrected chi connectivity index (χ3v) is 5.96. The van der Waals surface area contributed by atoms with E-state index in [1.165, 1.54) is 47.6 Å². The van der Waals surface area contributed by atoms with Gasteiger partial charge in [0.2, 0.25) is 5.91 Å². The number of nitrogens with zero attached hydrogens (tertiary/aromatic N) is 5. The molecule has 0 spiro atoms. The number of alkyl halides is 2. The SMILES string of the molecule is CC(F)(F)c1cccc(/C=C/C(=O)N(Cc2ccc(F)cc2F)Cc2nncn2Cc2ccc(C#N)cc2)c1. The van der Waals surface area contributed by atoms with Crippen molar-refractivity contribution in [3.63, 3.8) is 0 Å². The molecule has 39 heavy (non-hydrogen) atoms. The number of halogens is 4. The Morgan fingerprint density at radius 2 is 1.85 bits per heavy atom. The molecule has 4 rings (SSSR count). The van der Waals surface area contributed by atoms with Crippen LogP contribution in [-0.4, -0.2) is 25.6 Å². The summed E-state index contributed by atoms with van der Waals surface area (Å²) in [6, 6.07) is 17.7. The number of carbonyl (C=O) groups is 1. The molecule has 0 aliphatic rings. The highest BCUT2D eigenvalue weighted by molar-refractivity contribution is 5.91. The molecule has 0 atom stereocenters. The average molecular weight is 534 g/mol. The third-order valence-electron chi connectivity index (χ3n) is 5.96. The van der Waals surface area contributed by atoms with E-state index in [9.17, 15) is 22.4 Å². The Bertz CT molecular complexity index is 1530. The summed E-state index contributed by atoms with van der Waals surface area (Å²) < 4.78 is 57.1. The highest BCUT2D eigenvalue weighted by atomic mass is 19.3. The minimum absolute atomic E-state index is 0.0661. The summed E-state index contributed by atoms with van der Waals surface area (Å²) in [5.41, 5.74) is 1.66. The number of hydrogen-bond acceptors (Lipinski definition) is 4. The van der Waals surface area contributed by atoms with Crippen LogP contribution in [0.5, 0.6) is 0 Å².